The molecule has 0 aromatic heterocycles. The number of halogens is 2. The van der Waals surface area contributed by atoms with Crippen molar-refractivity contribution in [3.05, 3.63) is 34.1 Å². The largest absolute Gasteiger partial charge is 0.388 e. The summed E-state index contributed by atoms with van der Waals surface area (Å²) in [5.41, 5.74) is -1.61. The normalized spacial score (nSPS) is 16.1. The minimum absolute atomic E-state index is 0.0466. The molecule has 0 bridgehead atoms. The van der Waals surface area contributed by atoms with Crippen LogP contribution < -0.4 is 4.72 Å². The number of hydrogen-bond donors (Lipinski definition) is 2. The first kappa shape index (κ1) is 18.0. The summed E-state index contributed by atoms with van der Waals surface area (Å²) in [6.07, 6.45) is 0. The van der Waals surface area contributed by atoms with Gasteiger partial charge in [-0.05, 0) is 59.7 Å². The molecular weight excluding hydrogens is 341 g/mol. The van der Waals surface area contributed by atoms with E-state index >= 15 is 0 Å². The van der Waals surface area contributed by atoms with Crippen molar-refractivity contribution in [1.82, 2.24) is 4.72 Å². The number of benzene rings is 1. The molecule has 2 N–H and O–H groups in total. The fourth-order valence-electron chi connectivity index (χ4n) is 1.65. The maximum absolute atomic E-state index is 14.2. The molecule has 0 amide bonds. The number of nitrogens with one attached hydrogen (secondary N) is 1. The lowest BCUT2D eigenvalue weighted by atomic mass is 9.79. The van der Waals surface area contributed by atoms with Crippen LogP contribution in [0.1, 0.15) is 47.1 Å². The van der Waals surface area contributed by atoms with Crippen molar-refractivity contribution in [3.63, 3.8) is 0 Å². The first-order valence-corrected chi connectivity index (χ1v) is 8.11. The minimum Gasteiger partial charge on any atom is -0.388 e. The second-order valence-electron chi connectivity index (χ2n) is 6.62. The van der Waals surface area contributed by atoms with Crippen LogP contribution in [0.5, 0.6) is 0 Å². The molecule has 5 heteroatoms. The molecule has 1 rings (SSSR count). The molecule has 114 valence electrons. The van der Waals surface area contributed by atoms with Crippen LogP contribution in [0.15, 0.2) is 22.7 Å². The average molecular weight is 364 g/mol. The quantitative estimate of drug-likeness (QED) is 0.766. The standard InChI is InChI=1S/C15H23BrFNOS/c1-13(2,3)20-18-15(6,14(4,5)19)11-9-10(16)7-8-12(11)17/h7-9,18-19H,1-6H3/t15-/m1/s1. The van der Waals surface area contributed by atoms with Gasteiger partial charge in [0.15, 0.2) is 0 Å². The highest BCUT2D eigenvalue weighted by Gasteiger charge is 2.43. The van der Waals surface area contributed by atoms with Gasteiger partial charge in [0.05, 0.1) is 11.1 Å². The van der Waals surface area contributed by atoms with Crippen LogP contribution in [0.25, 0.3) is 0 Å². The molecule has 0 spiro atoms. The molecule has 0 unspecified atom stereocenters. The SMILES string of the molecule is CC(C)(C)SN[C@](C)(c1cc(Br)ccc1F)C(C)(C)O. The van der Waals surface area contributed by atoms with E-state index in [2.05, 4.69) is 41.4 Å². The van der Waals surface area contributed by atoms with Crippen LogP contribution in [-0.4, -0.2) is 15.5 Å². The third kappa shape index (κ3) is 4.20. The summed E-state index contributed by atoms with van der Waals surface area (Å²) < 4.78 is 18.2. The number of rotatable bonds is 4. The molecule has 20 heavy (non-hydrogen) atoms. The van der Waals surface area contributed by atoms with E-state index in [1.165, 1.54) is 18.0 Å². The Morgan fingerprint density at radius 3 is 2.15 bits per heavy atom. The van der Waals surface area contributed by atoms with E-state index in [1.54, 1.807) is 26.0 Å². The van der Waals surface area contributed by atoms with E-state index in [0.717, 1.165) is 4.47 Å². The van der Waals surface area contributed by atoms with Crippen molar-refractivity contribution >= 4 is 27.9 Å². The van der Waals surface area contributed by atoms with Gasteiger partial charge in [0.2, 0.25) is 0 Å². The highest BCUT2D eigenvalue weighted by atomic mass is 79.9. The predicted octanol–water partition coefficient (Wildman–Crippen LogP) is 4.61. The summed E-state index contributed by atoms with van der Waals surface area (Å²) in [6.45, 7) is 11.4. The zero-order valence-electron chi connectivity index (χ0n) is 12.8. The van der Waals surface area contributed by atoms with Gasteiger partial charge in [-0.25, -0.2) is 4.39 Å². The zero-order valence-corrected chi connectivity index (χ0v) is 15.2. The second kappa shape index (κ2) is 5.95. The van der Waals surface area contributed by atoms with Crippen molar-refractivity contribution in [1.29, 1.82) is 0 Å². The topological polar surface area (TPSA) is 32.3 Å². The van der Waals surface area contributed by atoms with Gasteiger partial charge in [-0.3, -0.25) is 4.72 Å². The Bertz CT molecular complexity index is 482. The molecule has 2 nitrogen and oxygen atoms in total. The molecular formula is C15H23BrFNOS. The van der Waals surface area contributed by atoms with Crippen LogP contribution in [0, 0.1) is 5.82 Å². The maximum atomic E-state index is 14.2. The summed E-state index contributed by atoms with van der Waals surface area (Å²) in [4.78, 5) is 0. The third-order valence-corrected chi connectivity index (χ3v) is 4.87. The summed E-state index contributed by atoms with van der Waals surface area (Å²) >= 11 is 4.85. The van der Waals surface area contributed by atoms with Crippen molar-refractivity contribution < 1.29 is 9.50 Å². The van der Waals surface area contributed by atoms with Crippen molar-refractivity contribution in [3.8, 4) is 0 Å². The summed E-state index contributed by atoms with van der Waals surface area (Å²) in [5, 5.41) is 10.5. The summed E-state index contributed by atoms with van der Waals surface area (Å²) in [6, 6.07) is 4.77. The lowest BCUT2D eigenvalue weighted by Gasteiger charge is -2.43. The van der Waals surface area contributed by atoms with Gasteiger partial charge in [0.1, 0.15) is 5.82 Å². The molecule has 0 heterocycles. The van der Waals surface area contributed by atoms with Crippen molar-refractivity contribution in [2.75, 3.05) is 0 Å². The van der Waals surface area contributed by atoms with Gasteiger partial charge in [0, 0.05) is 14.8 Å². The lowest BCUT2D eigenvalue weighted by molar-refractivity contribution is -0.00536. The fraction of sp³-hybridized carbons (Fsp3) is 0.600. The molecule has 0 fully saturated rings. The van der Waals surface area contributed by atoms with Crippen LogP contribution in [0.2, 0.25) is 0 Å². The predicted molar refractivity (Wildman–Crippen MR) is 88.2 cm³/mol. The molecule has 0 aliphatic carbocycles. The van der Waals surface area contributed by atoms with Gasteiger partial charge in [-0.2, -0.15) is 0 Å². The highest BCUT2D eigenvalue weighted by Crippen LogP contribution is 2.38. The maximum Gasteiger partial charge on any atom is 0.128 e. The zero-order chi connectivity index (χ0) is 15.8. The molecule has 0 aliphatic heterocycles. The molecule has 1 aromatic rings. The third-order valence-electron chi connectivity index (χ3n) is 3.25. The van der Waals surface area contributed by atoms with Crippen LogP contribution in [0.4, 0.5) is 4.39 Å². The van der Waals surface area contributed by atoms with Gasteiger partial charge in [-0.15, -0.1) is 0 Å². The Morgan fingerprint density at radius 2 is 1.70 bits per heavy atom. The van der Waals surface area contributed by atoms with E-state index in [0.29, 0.717) is 5.56 Å². The monoisotopic (exact) mass is 363 g/mol. The van der Waals surface area contributed by atoms with Gasteiger partial charge < -0.3 is 5.11 Å². The Labute approximate surface area is 133 Å². The van der Waals surface area contributed by atoms with E-state index in [9.17, 15) is 9.50 Å². The van der Waals surface area contributed by atoms with Crippen molar-refractivity contribution in [2.24, 2.45) is 0 Å². The first-order valence-electron chi connectivity index (χ1n) is 6.50. The molecule has 0 aliphatic rings. The van der Waals surface area contributed by atoms with E-state index in [4.69, 9.17) is 0 Å². The van der Waals surface area contributed by atoms with Gasteiger partial charge >= 0.3 is 0 Å². The second-order valence-corrected chi connectivity index (χ2v) is 9.17. The molecule has 1 atom stereocenters. The Kier molecular flexibility index (Phi) is 5.34. The van der Waals surface area contributed by atoms with E-state index in [-0.39, 0.29) is 10.6 Å². The summed E-state index contributed by atoms with van der Waals surface area (Å²) in [5.74, 6) is -0.333. The van der Waals surface area contributed by atoms with Crippen LogP contribution in [-0.2, 0) is 5.54 Å². The van der Waals surface area contributed by atoms with Gasteiger partial charge in [0.25, 0.3) is 0 Å². The fourth-order valence-corrected chi connectivity index (χ4v) is 2.88. The highest BCUT2D eigenvalue weighted by molar-refractivity contribution is 9.10. The lowest BCUT2D eigenvalue weighted by Crippen LogP contribution is -2.54. The molecule has 1 aromatic carbocycles. The van der Waals surface area contributed by atoms with Gasteiger partial charge in [-0.1, -0.05) is 27.9 Å². The van der Waals surface area contributed by atoms with E-state index in [1.807, 2.05) is 6.92 Å². The van der Waals surface area contributed by atoms with Crippen LogP contribution in [0.3, 0.4) is 0 Å². The van der Waals surface area contributed by atoms with E-state index < -0.39 is 11.1 Å². The Hall–Kier alpha value is -0.100. The Balaban J connectivity index is 3.28. The minimum atomic E-state index is -1.13. The summed E-state index contributed by atoms with van der Waals surface area (Å²) in [7, 11) is 0. The molecule has 0 saturated heterocycles. The molecule has 0 radical (unpaired) electrons. The first-order chi connectivity index (χ1) is 8.87. The number of aliphatic hydroxyl groups is 1. The average Bonchev–Trinajstić information content (AvgIpc) is 2.26. The van der Waals surface area contributed by atoms with Crippen molar-refractivity contribution in [2.45, 2.75) is 57.4 Å². The molecule has 0 saturated carbocycles. The Morgan fingerprint density at radius 1 is 1.15 bits per heavy atom. The van der Waals surface area contributed by atoms with Crippen LogP contribution >= 0.6 is 27.9 Å². The smallest absolute Gasteiger partial charge is 0.128 e. The number of hydrogen-bond acceptors (Lipinski definition) is 3.